The zero-order valence-electron chi connectivity index (χ0n) is 18.0. The van der Waals surface area contributed by atoms with Gasteiger partial charge in [-0.2, -0.15) is 0 Å². The van der Waals surface area contributed by atoms with E-state index in [1.165, 1.54) is 11.8 Å². The summed E-state index contributed by atoms with van der Waals surface area (Å²) >= 11 is 4.52. The van der Waals surface area contributed by atoms with Crippen molar-refractivity contribution >= 4 is 50.6 Å². The van der Waals surface area contributed by atoms with Crippen LogP contribution in [0.5, 0.6) is 0 Å². The first-order chi connectivity index (χ1) is 15.5. The van der Waals surface area contributed by atoms with Gasteiger partial charge in [0.1, 0.15) is 4.83 Å². The van der Waals surface area contributed by atoms with Gasteiger partial charge in [-0.3, -0.25) is 14.2 Å². The largest absolute Gasteiger partial charge is 0.350 e. The van der Waals surface area contributed by atoms with Crippen LogP contribution in [0.4, 0.5) is 0 Å². The van der Waals surface area contributed by atoms with Gasteiger partial charge in [-0.25, -0.2) is 4.98 Å². The summed E-state index contributed by atoms with van der Waals surface area (Å²) in [6.07, 6.45) is 1.60. The minimum Gasteiger partial charge on any atom is -0.350 e. The minimum atomic E-state index is -0.368. The number of hydrogen-bond donors (Lipinski definition) is 1. The number of carbonyl (C=O) groups is 1. The lowest BCUT2D eigenvalue weighted by atomic mass is 10.1. The second kappa shape index (κ2) is 10.5. The Hall–Kier alpha value is -2.42. The number of thiophene rings is 2. The molecule has 4 aromatic rings. The lowest BCUT2D eigenvalue weighted by Crippen LogP contribution is -2.31. The fourth-order valence-electron chi connectivity index (χ4n) is 3.34. The van der Waals surface area contributed by atoms with E-state index in [2.05, 4.69) is 24.4 Å². The highest BCUT2D eigenvalue weighted by atomic mass is 32.2. The van der Waals surface area contributed by atoms with Crippen LogP contribution < -0.4 is 10.9 Å². The number of benzene rings is 1. The van der Waals surface area contributed by atoms with Crippen LogP contribution in [0.2, 0.25) is 0 Å². The van der Waals surface area contributed by atoms with Crippen molar-refractivity contribution in [3.63, 3.8) is 0 Å². The maximum Gasteiger partial charge on any atom is 0.262 e. The van der Waals surface area contributed by atoms with Crippen molar-refractivity contribution in [2.75, 3.05) is 0 Å². The third kappa shape index (κ3) is 5.31. The monoisotopic (exact) mass is 483 g/mol. The molecular formula is C24H25N3O2S3. The van der Waals surface area contributed by atoms with Gasteiger partial charge >= 0.3 is 0 Å². The van der Waals surface area contributed by atoms with Gasteiger partial charge in [0.25, 0.3) is 5.56 Å². The molecule has 0 aliphatic rings. The molecule has 3 aromatic heterocycles. The number of fused-ring (bicyclic) bond motifs is 1. The average molecular weight is 484 g/mol. The van der Waals surface area contributed by atoms with Crippen LogP contribution in [-0.4, -0.2) is 20.7 Å². The number of carbonyl (C=O) groups excluding carboxylic acids is 1. The molecule has 5 nitrogen and oxygen atoms in total. The van der Waals surface area contributed by atoms with Crippen LogP contribution in [0.3, 0.4) is 0 Å². The molecule has 1 unspecified atom stereocenters. The Kier molecular flexibility index (Phi) is 7.44. The van der Waals surface area contributed by atoms with Gasteiger partial charge in [0, 0.05) is 16.3 Å². The third-order valence-electron chi connectivity index (χ3n) is 5.15. The Morgan fingerprint density at radius 1 is 1.19 bits per heavy atom. The van der Waals surface area contributed by atoms with Gasteiger partial charge in [0.15, 0.2) is 5.16 Å². The standard InChI is InChI=1S/C24H25N3O2S3/c1-3-18-14-20-22(32-18)26-24(27(23(20)29)12-11-17-8-5-4-6-9-17)31-16(2)21(28)25-15-19-10-7-13-30-19/h4-10,13-14,16H,3,11-12,15H2,1-2H3,(H,25,28). The average Bonchev–Trinajstić information content (AvgIpc) is 3.47. The molecule has 0 saturated carbocycles. The SMILES string of the molecule is CCc1cc2c(=O)n(CCc3ccccc3)c(SC(C)C(=O)NCc3cccs3)nc2s1. The molecule has 0 aliphatic heterocycles. The molecule has 32 heavy (non-hydrogen) atoms. The number of amides is 1. The van der Waals surface area contributed by atoms with Gasteiger partial charge in [-0.05, 0) is 42.8 Å². The molecule has 8 heteroatoms. The fraction of sp³-hybridized carbons (Fsp3) is 0.292. The van der Waals surface area contributed by atoms with Crippen molar-refractivity contribution in [2.45, 2.75) is 50.2 Å². The van der Waals surface area contributed by atoms with Crippen molar-refractivity contribution < 1.29 is 4.79 Å². The van der Waals surface area contributed by atoms with Crippen LogP contribution in [-0.2, 0) is 30.7 Å². The van der Waals surface area contributed by atoms with E-state index in [1.807, 2.05) is 48.7 Å². The predicted molar refractivity (Wildman–Crippen MR) is 135 cm³/mol. The number of nitrogens with zero attached hydrogens (tertiary/aromatic N) is 2. The molecule has 1 atom stereocenters. The van der Waals surface area contributed by atoms with Crippen LogP contribution in [0.1, 0.15) is 29.2 Å². The Bertz CT molecular complexity index is 1250. The molecule has 166 valence electrons. The zero-order valence-corrected chi connectivity index (χ0v) is 20.5. The van der Waals surface area contributed by atoms with E-state index in [0.29, 0.717) is 23.6 Å². The Labute approximate surface area is 199 Å². The Morgan fingerprint density at radius 2 is 2.00 bits per heavy atom. The minimum absolute atomic E-state index is 0.0319. The van der Waals surface area contributed by atoms with E-state index in [4.69, 9.17) is 4.98 Å². The van der Waals surface area contributed by atoms with Crippen LogP contribution in [0, 0.1) is 0 Å². The molecule has 0 saturated heterocycles. The van der Waals surface area contributed by atoms with Crippen LogP contribution >= 0.6 is 34.4 Å². The van der Waals surface area contributed by atoms with Crippen molar-refractivity contribution in [1.82, 2.24) is 14.9 Å². The molecule has 3 heterocycles. The first kappa shape index (κ1) is 22.8. The third-order valence-corrected chi connectivity index (χ3v) is 8.29. The summed E-state index contributed by atoms with van der Waals surface area (Å²) in [6, 6.07) is 16.0. The summed E-state index contributed by atoms with van der Waals surface area (Å²) in [4.78, 5) is 33.9. The van der Waals surface area contributed by atoms with E-state index < -0.39 is 0 Å². The van der Waals surface area contributed by atoms with Crippen molar-refractivity contribution in [1.29, 1.82) is 0 Å². The molecule has 1 N–H and O–H groups in total. The summed E-state index contributed by atoms with van der Waals surface area (Å²) < 4.78 is 1.73. The highest BCUT2D eigenvalue weighted by molar-refractivity contribution is 8.00. The summed E-state index contributed by atoms with van der Waals surface area (Å²) in [7, 11) is 0. The topological polar surface area (TPSA) is 64.0 Å². The molecular weight excluding hydrogens is 458 g/mol. The lowest BCUT2D eigenvalue weighted by molar-refractivity contribution is -0.120. The maximum absolute atomic E-state index is 13.3. The second-order valence-electron chi connectivity index (χ2n) is 7.43. The van der Waals surface area contributed by atoms with E-state index in [9.17, 15) is 9.59 Å². The molecule has 4 rings (SSSR count). The van der Waals surface area contributed by atoms with Gasteiger partial charge in [0.05, 0.1) is 17.2 Å². The predicted octanol–water partition coefficient (Wildman–Crippen LogP) is 5.12. The molecule has 1 aromatic carbocycles. The van der Waals surface area contributed by atoms with Gasteiger partial charge < -0.3 is 5.32 Å². The molecule has 0 spiro atoms. The summed E-state index contributed by atoms with van der Waals surface area (Å²) in [6.45, 7) is 4.97. The maximum atomic E-state index is 13.3. The van der Waals surface area contributed by atoms with E-state index in [-0.39, 0.29) is 16.7 Å². The van der Waals surface area contributed by atoms with Crippen LogP contribution in [0.15, 0.2) is 63.9 Å². The van der Waals surface area contributed by atoms with Gasteiger partial charge in [0.2, 0.25) is 5.91 Å². The molecule has 0 aliphatic carbocycles. The number of aryl methyl sites for hydroxylation is 2. The number of nitrogens with one attached hydrogen (secondary N) is 1. The second-order valence-corrected chi connectivity index (χ2v) is 10.9. The van der Waals surface area contributed by atoms with Crippen LogP contribution in [0.25, 0.3) is 10.2 Å². The highest BCUT2D eigenvalue weighted by Gasteiger charge is 2.20. The number of hydrogen-bond acceptors (Lipinski definition) is 6. The van der Waals surface area contributed by atoms with E-state index in [0.717, 1.165) is 33.0 Å². The van der Waals surface area contributed by atoms with E-state index >= 15 is 0 Å². The zero-order chi connectivity index (χ0) is 22.5. The molecule has 0 radical (unpaired) electrons. The number of aromatic nitrogens is 2. The quantitative estimate of drug-likeness (QED) is 0.265. The van der Waals surface area contributed by atoms with Gasteiger partial charge in [-0.1, -0.05) is 55.1 Å². The molecule has 0 bridgehead atoms. The van der Waals surface area contributed by atoms with Crippen molar-refractivity contribution in [3.8, 4) is 0 Å². The molecule has 1 amide bonds. The normalized spacial score (nSPS) is 12.2. The fourth-order valence-corrected chi connectivity index (χ4v) is 5.95. The van der Waals surface area contributed by atoms with E-state index in [1.54, 1.807) is 27.2 Å². The first-order valence-electron chi connectivity index (χ1n) is 10.6. The van der Waals surface area contributed by atoms with Crippen molar-refractivity contribution in [2.24, 2.45) is 0 Å². The number of thioether (sulfide) groups is 1. The highest BCUT2D eigenvalue weighted by Crippen LogP contribution is 2.27. The summed E-state index contributed by atoms with van der Waals surface area (Å²) in [5.74, 6) is -0.0622. The first-order valence-corrected chi connectivity index (χ1v) is 13.2. The number of rotatable bonds is 9. The lowest BCUT2D eigenvalue weighted by Gasteiger charge is -2.15. The molecule has 0 fully saturated rings. The summed E-state index contributed by atoms with van der Waals surface area (Å²) in [5, 5.41) is 5.88. The van der Waals surface area contributed by atoms with Crippen molar-refractivity contribution in [3.05, 3.63) is 79.6 Å². The Balaban J connectivity index is 1.58. The smallest absolute Gasteiger partial charge is 0.262 e. The Morgan fingerprint density at radius 3 is 2.72 bits per heavy atom. The van der Waals surface area contributed by atoms with Gasteiger partial charge in [-0.15, -0.1) is 22.7 Å². The summed E-state index contributed by atoms with van der Waals surface area (Å²) in [5.41, 5.74) is 1.13.